The Kier molecular flexibility index (Phi) is 8.08. The van der Waals surface area contributed by atoms with E-state index in [9.17, 15) is 14.0 Å². The van der Waals surface area contributed by atoms with Crippen molar-refractivity contribution >= 4 is 34.8 Å². The SMILES string of the molecule is O=C(c1cccc(F)c1)N(CC(=O)N1CCc2sccc2[C@@H]1COc1ccc(Cl)cc1)C[C@@H]1CCCO1. The highest BCUT2D eigenvalue weighted by Gasteiger charge is 2.34. The topological polar surface area (TPSA) is 59.1 Å². The van der Waals surface area contributed by atoms with Gasteiger partial charge in [-0.3, -0.25) is 9.59 Å². The first-order chi connectivity index (χ1) is 18.0. The van der Waals surface area contributed by atoms with Gasteiger partial charge in [-0.05, 0) is 78.7 Å². The smallest absolute Gasteiger partial charge is 0.254 e. The van der Waals surface area contributed by atoms with Crippen LogP contribution < -0.4 is 4.74 Å². The van der Waals surface area contributed by atoms with Gasteiger partial charge in [0.05, 0.1) is 12.1 Å². The van der Waals surface area contributed by atoms with Gasteiger partial charge in [-0.15, -0.1) is 11.3 Å². The molecule has 2 amide bonds. The third kappa shape index (κ3) is 6.14. The minimum absolute atomic E-state index is 0.119. The van der Waals surface area contributed by atoms with Crippen LogP contribution in [0.3, 0.4) is 0 Å². The molecule has 0 radical (unpaired) electrons. The van der Waals surface area contributed by atoms with Gasteiger partial charge in [0, 0.05) is 35.2 Å². The average Bonchev–Trinajstić information content (AvgIpc) is 3.59. The molecule has 0 saturated carbocycles. The Morgan fingerprint density at radius 2 is 2.03 bits per heavy atom. The maximum Gasteiger partial charge on any atom is 0.254 e. The van der Waals surface area contributed by atoms with Gasteiger partial charge in [0.15, 0.2) is 0 Å². The minimum Gasteiger partial charge on any atom is -0.491 e. The van der Waals surface area contributed by atoms with Crippen molar-refractivity contribution in [3.8, 4) is 5.75 Å². The quantitative estimate of drug-likeness (QED) is 0.384. The number of rotatable bonds is 8. The van der Waals surface area contributed by atoms with Crippen LogP contribution in [0.1, 0.15) is 39.7 Å². The lowest BCUT2D eigenvalue weighted by Gasteiger charge is -2.37. The van der Waals surface area contributed by atoms with Crippen molar-refractivity contribution in [2.45, 2.75) is 31.4 Å². The van der Waals surface area contributed by atoms with E-state index in [2.05, 4.69) is 0 Å². The van der Waals surface area contributed by atoms with Crippen LogP contribution in [0.5, 0.6) is 5.75 Å². The first kappa shape index (κ1) is 25.7. The van der Waals surface area contributed by atoms with Crippen molar-refractivity contribution < 1.29 is 23.5 Å². The number of carbonyl (C=O) groups is 2. The van der Waals surface area contributed by atoms with E-state index >= 15 is 0 Å². The van der Waals surface area contributed by atoms with Gasteiger partial charge < -0.3 is 19.3 Å². The number of benzene rings is 2. The zero-order valence-electron chi connectivity index (χ0n) is 20.3. The molecule has 2 atom stereocenters. The Balaban J connectivity index is 1.35. The van der Waals surface area contributed by atoms with Crippen molar-refractivity contribution in [1.29, 1.82) is 0 Å². The van der Waals surface area contributed by atoms with Crippen LogP contribution in [0.25, 0.3) is 0 Å². The molecular formula is C28H28ClFN2O4S. The zero-order valence-corrected chi connectivity index (χ0v) is 21.8. The molecule has 0 unspecified atom stereocenters. The monoisotopic (exact) mass is 542 g/mol. The third-order valence-electron chi connectivity index (χ3n) is 6.77. The molecule has 3 aromatic rings. The first-order valence-corrected chi connectivity index (χ1v) is 13.6. The number of thiophene rings is 1. The van der Waals surface area contributed by atoms with Crippen LogP contribution in [-0.4, -0.2) is 60.6 Å². The molecular weight excluding hydrogens is 515 g/mol. The lowest BCUT2D eigenvalue weighted by Crippen LogP contribution is -2.49. The summed E-state index contributed by atoms with van der Waals surface area (Å²) in [5.41, 5.74) is 1.29. The molecule has 0 bridgehead atoms. The van der Waals surface area contributed by atoms with E-state index in [0.717, 1.165) is 24.8 Å². The lowest BCUT2D eigenvalue weighted by atomic mass is 10.00. The highest BCUT2D eigenvalue weighted by molar-refractivity contribution is 7.10. The predicted molar refractivity (Wildman–Crippen MR) is 141 cm³/mol. The second kappa shape index (κ2) is 11.6. The Labute approximate surface area is 224 Å². The molecule has 0 aliphatic carbocycles. The fourth-order valence-electron chi connectivity index (χ4n) is 4.89. The van der Waals surface area contributed by atoms with Gasteiger partial charge in [0.1, 0.15) is 24.7 Å². The number of ether oxygens (including phenoxy) is 2. The molecule has 0 N–H and O–H groups in total. The summed E-state index contributed by atoms with van der Waals surface area (Å²) in [7, 11) is 0. The van der Waals surface area contributed by atoms with Crippen LogP contribution in [0.2, 0.25) is 5.02 Å². The molecule has 1 aromatic heterocycles. The number of nitrogens with zero attached hydrogens (tertiary/aromatic N) is 2. The van der Waals surface area contributed by atoms with Gasteiger partial charge in [-0.25, -0.2) is 4.39 Å². The molecule has 2 aromatic carbocycles. The molecule has 1 fully saturated rings. The largest absolute Gasteiger partial charge is 0.491 e. The number of hydrogen-bond donors (Lipinski definition) is 0. The Hall–Kier alpha value is -2.94. The van der Waals surface area contributed by atoms with Crippen molar-refractivity contribution in [2.24, 2.45) is 0 Å². The van der Waals surface area contributed by atoms with Crippen molar-refractivity contribution in [1.82, 2.24) is 9.80 Å². The van der Waals surface area contributed by atoms with Crippen molar-refractivity contribution in [2.75, 3.05) is 32.8 Å². The Morgan fingerprint density at radius 3 is 2.78 bits per heavy atom. The van der Waals surface area contributed by atoms with Crippen LogP contribution in [-0.2, 0) is 16.0 Å². The van der Waals surface area contributed by atoms with Crippen molar-refractivity contribution in [3.05, 3.63) is 86.8 Å². The standard InChI is InChI=1S/C28H28ClFN2O4S/c29-20-6-8-22(9-7-20)36-18-25-24-11-14-37-26(24)10-12-32(25)27(33)17-31(16-23-5-2-13-35-23)28(34)19-3-1-4-21(30)15-19/h1,3-4,6-9,11,14-15,23,25H,2,5,10,12-13,16-18H2/t23-,25-/m0/s1. The normalized spacial score (nSPS) is 18.9. The summed E-state index contributed by atoms with van der Waals surface area (Å²) in [4.78, 5) is 31.6. The van der Waals surface area contributed by atoms with Crippen LogP contribution in [0.15, 0.2) is 60.0 Å². The second-order valence-corrected chi connectivity index (χ2v) is 10.7. The molecule has 9 heteroatoms. The summed E-state index contributed by atoms with van der Waals surface area (Å²) >= 11 is 7.67. The molecule has 5 rings (SSSR count). The van der Waals surface area contributed by atoms with Crippen LogP contribution in [0.4, 0.5) is 4.39 Å². The lowest BCUT2D eigenvalue weighted by molar-refractivity contribution is -0.135. The summed E-state index contributed by atoms with van der Waals surface area (Å²) in [5.74, 6) is -0.384. The van der Waals surface area contributed by atoms with Crippen LogP contribution in [0, 0.1) is 5.82 Å². The van der Waals surface area contributed by atoms with E-state index in [4.69, 9.17) is 21.1 Å². The molecule has 2 aliphatic rings. The van der Waals surface area contributed by atoms with Gasteiger partial charge in [0.2, 0.25) is 5.91 Å². The molecule has 6 nitrogen and oxygen atoms in total. The number of halogens is 2. The Bertz CT molecular complexity index is 1240. The summed E-state index contributed by atoms with van der Waals surface area (Å²) < 4.78 is 25.7. The van der Waals surface area contributed by atoms with Gasteiger partial charge in [-0.2, -0.15) is 0 Å². The fraction of sp³-hybridized carbons (Fsp3) is 0.357. The van der Waals surface area contributed by atoms with Crippen LogP contribution >= 0.6 is 22.9 Å². The molecule has 3 heterocycles. The number of hydrogen-bond acceptors (Lipinski definition) is 5. The second-order valence-electron chi connectivity index (χ2n) is 9.25. The maximum atomic E-state index is 13.9. The molecule has 194 valence electrons. The van der Waals surface area contributed by atoms with Gasteiger partial charge >= 0.3 is 0 Å². The first-order valence-electron chi connectivity index (χ1n) is 12.4. The molecule has 0 spiro atoms. The minimum atomic E-state index is -0.491. The number of carbonyl (C=O) groups excluding carboxylic acids is 2. The van der Waals surface area contributed by atoms with E-state index in [1.54, 1.807) is 46.6 Å². The van der Waals surface area contributed by atoms with E-state index in [1.807, 2.05) is 11.4 Å². The molecule has 2 aliphatic heterocycles. The summed E-state index contributed by atoms with van der Waals surface area (Å²) in [6.07, 6.45) is 2.34. The maximum absolute atomic E-state index is 13.9. The summed E-state index contributed by atoms with van der Waals surface area (Å²) in [6, 6.07) is 14.4. The van der Waals surface area contributed by atoms with Gasteiger partial charge in [-0.1, -0.05) is 17.7 Å². The molecule has 1 saturated heterocycles. The van der Waals surface area contributed by atoms with E-state index in [1.165, 1.54) is 28.0 Å². The van der Waals surface area contributed by atoms with E-state index in [0.29, 0.717) is 23.9 Å². The van der Waals surface area contributed by atoms with Gasteiger partial charge in [0.25, 0.3) is 5.91 Å². The highest BCUT2D eigenvalue weighted by Crippen LogP contribution is 2.34. The number of amides is 2. The zero-order chi connectivity index (χ0) is 25.8. The summed E-state index contributed by atoms with van der Waals surface area (Å²) in [6.45, 7) is 1.61. The van der Waals surface area contributed by atoms with E-state index < -0.39 is 5.82 Å². The highest BCUT2D eigenvalue weighted by atomic mass is 35.5. The third-order valence-corrected chi connectivity index (χ3v) is 8.02. The average molecular weight is 543 g/mol. The number of fused-ring (bicyclic) bond motifs is 1. The fourth-order valence-corrected chi connectivity index (χ4v) is 5.95. The summed E-state index contributed by atoms with van der Waals surface area (Å²) in [5, 5.41) is 2.65. The predicted octanol–water partition coefficient (Wildman–Crippen LogP) is 5.37. The van der Waals surface area contributed by atoms with Crippen molar-refractivity contribution in [3.63, 3.8) is 0 Å². The van der Waals surface area contributed by atoms with E-state index in [-0.39, 0.29) is 49.2 Å². The Morgan fingerprint density at radius 1 is 1.19 bits per heavy atom. The molecule has 37 heavy (non-hydrogen) atoms.